The van der Waals surface area contributed by atoms with Crippen LogP contribution in [0.15, 0.2) is 24.3 Å². The lowest BCUT2D eigenvalue weighted by Gasteiger charge is -2.15. The lowest BCUT2D eigenvalue weighted by atomic mass is 10.1. The predicted molar refractivity (Wildman–Crippen MR) is 81.9 cm³/mol. The van der Waals surface area contributed by atoms with E-state index >= 15 is 0 Å². The van der Waals surface area contributed by atoms with Crippen LogP contribution in [0.3, 0.4) is 0 Å². The van der Waals surface area contributed by atoms with E-state index < -0.39 is 0 Å². The molecule has 0 fully saturated rings. The average molecular weight is 278 g/mol. The van der Waals surface area contributed by atoms with Crippen LogP contribution in [0.5, 0.6) is 5.75 Å². The van der Waals surface area contributed by atoms with Crippen LogP contribution < -0.4 is 15.4 Å². The Morgan fingerprint density at radius 2 is 1.90 bits per heavy atom. The fraction of sp³-hybridized carbons (Fsp3) is 0.562. The van der Waals surface area contributed by atoms with Gasteiger partial charge in [-0.25, -0.2) is 0 Å². The lowest BCUT2D eigenvalue weighted by molar-refractivity contribution is -0.122. The Bertz CT molecular complexity index is 397. The first-order valence-electron chi connectivity index (χ1n) is 7.26. The summed E-state index contributed by atoms with van der Waals surface area (Å²) in [5.41, 5.74) is 1.25. The van der Waals surface area contributed by atoms with Crippen molar-refractivity contribution in [2.75, 3.05) is 13.7 Å². The Labute approximate surface area is 121 Å². The molecule has 4 heteroatoms. The maximum atomic E-state index is 11.5. The summed E-state index contributed by atoms with van der Waals surface area (Å²) in [5.74, 6) is 0.829. The van der Waals surface area contributed by atoms with Crippen LogP contribution in [0.25, 0.3) is 0 Å². The Balaban J connectivity index is 2.40. The van der Waals surface area contributed by atoms with E-state index in [2.05, 4.69) is 29.7 Å². The van der Waals surface area contributed by atoms with Crippen molar-refractivity contribution in [1.29, 1.82) is 0 Å². The third-order valence-electron chi connectivity index (χ3n) is 3.09. The van der Waals surface area contributed by atoms with Gasteiger partial charge in [0.15, 0.2) is 0 Å². The molecule has 0 aliphatic rings. The summed E-state index contributed by atoms with van der Waals surface area (Å²) in [6.07, 6.45) is 1.43. The van der Waals surface area contributed by atoms with Gasteiger partial charge >= 0.3 is 0 Å². The molecule has 0 aliphatic carbocycles. The highest BCUT2D eigenvalue weighted by Gasteiger charge is 2.07. The van der Waals surface area contributed by atoms with Gasteiger partial charge in [0.2, 0.25) is 5.91 Å². The molecule has 0 bridgehead atoms. The molecule has 112 valence electrons. The first kappa shape index (κ1) is 16.5. The predicted octanol–water partition coefficient (Wildman–Crippen LogP) is 2.65. The monoisotopic (exact) mass is 278 g/mol. The van der Waals surface area contributed by atoms with Crippen molar-refractivity contribution in [1.82, 2.24) is 10.6 Å². The van der Waals surface area contributed by atoms with Gasteiger partial charge < -0.3 is 15.4 Å². The molecule has 0 saturated carbocycles. The third-order valence-corrected chi connectivity index (χ3v) is 3.09. The van der Waals surface area contributed by atoms with Gasteiger partial charge in [-0.2, -0.15) is 0 Å². The fourth-order valence-electron chi connectivity index (χ4n) is 2.06. The first-order chi connectivity index (χ1) is 9.56. The first-order valence-corrected chi connectivity index (χ1v) is 7.26. The Hall–Kier alpha value is -1.55. The summed E-state index contributed by atoms with van der Waals surface area (Å²) in [4.78, 5) is 11.5. The molecule has 20 heavy (non-hydrogen) atoms. The van der Waals surface area contributed by atoms with E-state index in [-0.39, 0.29) is 11.9 Å². The highest BCUT2D eigenvalue weighted by molar-refractivity contribution is 5.76. The number of amides is 1. The molecule has 4 nitrogen and oxygen atoms in total. The molecular weight excluding hydrogens is 252 g/mol. The van der Waals surface area contributed by atoms with Crippen LogP contribution in [0, 0.1) is 0 Å². The van der Waals surface area contributed by atoms with Crippen LogP contribution in [0.2, 0.25) is 0 Å². The Morgan fingerprint density at radius 3 is 2.40 bits per heavy atom. The molecule has 1 atom stereocenters. The molecule has 0 heterocycles. The highest BCUT2D eigenvalue weighted by Crippen LogP contribution is 2.19. The van der Waals surface area contributed by atoms with Crippen LogP contribution in [0.1, 0.15) is 45.2 Å². The number of carbonyl (C=O) groups is 1. The maximum absolute atomic E-state index is 11.5. The minimum atomic E-state index is 0.0258. The van der Waals surface area contributed by atoms with Crippen molar-refractivity contribution in [3.8, 4) is 5.75 Å². The second kappa shape index (κ2) is 8.59. The van der Waals surface area contributed by atoms with Crippen molar-refractivity contribution >= 4 is 5.91 Å². The van der Waals surface area contributed by atoms with Crippen LogP contribution in [-0.4, -0.2) is 25.6 Å². The second-order valence-electron chi connectivity index (χ2n) is 5.14. The van der Waals surface area contributed by atoms with Crippen molar-refractivity contribution < 1.29 is 9.53 Å². The largest absolute Gasteiger partial charge is 0.493 e. The van der Waals surface area contributed by atoms with E-state index in [9.17, 15) is 4.79 Å². The van der Waals surface area contributed by atoms with Crippen LogP contribution >= 0.6 is 0 Å². The van der Waals surface area contributed by atoms with Gasteiger partial charge in [-0.05, 0) is 45.0 Å². The highest BCUT2D eigenvalue weighted by atomic mass is 16.5. The molecule has 2 N–H and O–H groups in total. The molecule has 0 radical (unpaired) electrons. The molecule has 1 amide bonds. The van der Waals surface area contributed by atoms with Gasteiger partial charge in [0.25, 0.3) is 0 Å². The van der Waals surface area contributed by atoms with E-state index in [4.69, 9.17) is 4.74 Å². The topological polar surface area (TPSA) is 50.4 Å². The average Bonchev–Trinajstić information content (AvgIpc) is 2.41. The molecule has 1 rings (SSSR count). The SMILES string of the molecule is CCC(NC)c1ccc(OCCC(=O)NC(C)C)cc1. The molecule has 1 aromatic rings. The minimum absolute atomic E-state index is 0.0258. The van der Waals surface area contributed by atoms with Gasteiger partial charge in [-0.3, -0.25) is 4.79 Å². The van der Waals surface area contributed by atoms with E-state index in [0.717, 1.165) is 12.2 Å². The number of carbonyl (C=O) groups excluding carboxylic acids is 1. The van der Waals surface area contributed by atoms with E-state index in [1.807, 2.05) is 33.0 Å². The summed E-state index contributed by atoms with van der Waals surface area (Å²) in [5, 5.41) is 6.11. The van der Waals surface area contributed by atoms with Crippen molar-refractivity contribution in [3.05, 3.63) is 29.8 Å². The second-order valence-corrected chi connectivity index (χ2v) is 5.14. The standard InChI is InChI=1S/C16H26N2O2/c1-5-15(17-4)13-6-8-14(9-7-13)20-11-10-16(19)18-12(2)3/h6-9,12,15,17H,5,10-11H2,1-4H3,(H,18,19). The lowest BCUT2D eigenvalue weighted by Crippen LogP contribution is -2.31. The van der Waals surface area contributed by atoms with Crippen molar-refractivity contribution in [2.45, 2.75) is 45.7 Å². The zero-order valence-electron chi connectivity index (χ0n) is 12.9. The van der Waals surface area contributed by atoms with E-state index in [1.165, 1.54) is 5.56 Å². The van der Waals surface area contributed by atoms with Gasteiger partial charge in [0.05, 0.1) is 13.0 Å². The summed E-state index contributed by atoms with van der Waals surface area (Å²) in [6.45, 7) is 6.45. The minimum Gasteiger partial charge on any atom is -0.493 e. The number of rotatable bonds is 8. The van der Waals surface area contributed by atoms with Crippen LogP contribution in [0.4, 0.5) is 0 Å². The summed E-state index contributed by atoms with van der Waals surface area (Å²) < 4.78 is 5.58. The maximum Gasteiger partial charge on any atom is 0.223 e. The number of hydrogen-bond donors (Lipinski definition) is 2. The fourth-order valence-corrected chi connectivity index (χ4v) is 2.06. The number of nitrogens with one attached hydrogen (secondary N) is 2. The zero-order chi connectivity index (χ0) is 15.0. The van der Waals surface area contributed by atoms with Gasteiger partial charge in [0, 0.05) is 12.1 Å². The third kappa shape index (κ3) is 5.61. The van der Waals surface area contributed by atoms with Crippen molar-refractivity contribution in [3.63, 3.8) is 0 Å². The molecule has 0 aromatic heterocycles. The summed E-state index contributed by atoms with van der Waals surface area (Å²) in [6, 6.07) is 8.59. The Kier molecular flexibility index (Phi) is 7.09. The molecule has 0 aliphatic heterocycles. The van der Waals surface area contributed by atoms with Gasteiger partial charge in [-0.1, -0.05) is 19.1 Å². The summed E-state index contributed by atoms with van der Waals surface area (Å²) >= 11 is 0. The number of hydrogen-bond acceptors (Lipinski definition) is 3. The Morgan fingerprint density at radius 1 is 1.25 bits per heavy atom. The molecule has 1 unspecified atom stereocenters. The smallest absolute Gasteiger partial charge is 0.223 e. The number of ether oxygens (including phenoxy) is 1. The van der Waals surface area contributed by atoms with Crippen molar-refractivity contribution in [2.24, 2.45) is 0 Å². The molecule has 0 saturated heterocycles. The molecule has 1 aromatic carbocycles. The van der Waals surface area contributed by atoms with E-state index in [1.54, 1.807) is 0 Å². The molecular formula is C16H26N2O2. The van der Waals surface area contributed by atoms with Crippen LogP contribution in [-0.2, 0) is 4.79 Å². The molecule has 0 spiro atoms. The van der Waals surface area contributed by atoms with Gasteiger partial charge in [0.1, 0.15) is 5.75 Å². The zero-order valence-corrected chi connectivity index (χ0v) is 12.9. The van der Waals surface area contributed by atoms with E-state index in [0.29, 0.717) is 19.1 Å². The quantitative estimate of drug-likeness (QED) is 0.768. The summed E-state index contributed by atoms with van der Waals surface area (Å²) in [7, 11) is 1.96. The normalized spacial score (nSPS) is 12.2. The number of benzene rings is 1. The van der Waals surface area contributed by atoms with Gasteiger partial charge in [-0.15, -0.1) is 0 Å².